The number of fused-ring (bicyclic) bond motifs is 2. The van der Waals surface area contributed by atoms with E-state index in [4.69, 9.17) is 9.72 Å². The topological polar surface area (TPSA) is 55.6 Å². The zero-order chi connectivity index (χ0) is 21.7. The van der Waals surface area contributed by atoms with Gasteiger partial charge < -0.3 is 9.64 Å². The number of rotatable bonds is 3. The van der Waals surface area contributed by atoms with Gasteiger partial charge in [0.1, 0.15) is 11.3 Å². The lowest BCUT2D eigenvalue weighted by atomic mass is 9.77. The van der Waals surface area contributed by atoms with Crippen LogP contribution in [-0.4, -0.2) is 45.2 Å². The van der Waals surface area contributed by atoms with Crippen molar-refractivity contribution in [1.29, 1.82) is 0 Å². The minimum absolute atomic E-state index is 0.311. The van der Waals surface area contributed by atoms with E-state index in [1.54, 1.807) is 24.0 Å². The molecule has 0 unspecified atom stereocenters. The van der Waals surface area contributed by atoms with Gasteiger partial charge in [-0.05, 0) is 43.7 Å². The van der Waals surface area contributed by atoms with Gasteiger partial charge >= 0.3 is 0 Å². The molecule has 2 aliphatic rings. The number of hydrogen-bond acceptors (Lipinski definition) is 6. The molecule has 2 aliphatic heterocycles. The van der Waals surface area contributed by atoms with Crippen molar-refractivity contribution in [3.8, 4) is 0 Å². The molecule has 0 radical (unpaired) electrons. The molecule has 6 rings (SSSR count). The van der Waals surface area contributed by atoms with Crippen molar-refractivity contribution in [2.45, 2.75) is 42.1 Å². The molecule has 0 bridgehead atoms. The summed E-state index contributed by atoms with van der Waals surface area (Å²) in [5, 5.41) is 0.792. The van der Waals surface area contributed by atoms with Gasteiger partial charge in [-0.15, -0.1) is 0 Å². The molecule has 32 heavy (non-hydrogen) atoms. The second kappa shape index (κ2) is 7.71. The number of ether oxygens (including phenoxy) is 1. The average Bonchev–Trinajstić information content (AvgIpc) is 3.43. The average molecular weight is 450 g/mol. The number of pyridine rings is 1. The Balaban J connectivity index is 1.30. The fraction of sp³-hybridized carbons (Fsp3) is 0.375. The molecule has 1 aromatic carbocycles. The lowest BCUT2D eigenvalue weighted by molar-refractivity contribution is 0.0975. The number of para-hydroxylation sites is 1. The highest BCUT2D eigenvalue weighted by Crippen LogP contribution is 2.43. The van der Waals surface area contributed by atoms with Gasteiger partial charge in [0.2, 0.25) is 5.95 Å². The summed E-state index contributed by atoms with van der Waals surface area (Å²) in [6.45, 7) is 4.99. The van der Waals surface area contributed by atoms with E-state index in [1.807, 2.05) is 30.7 Å². The number of nitrogens with zero attached hydrogens (tertiary/aromatic N) is 5. The van der Waals surface area contributed by atoms with Gasteiger partial charge in [0.25, 0.3) is 0 Å². The Morgan fingerprint density at radius 2 is 1.97 bits per heavy atom. The third-order valence-electron chi connectivity index (χ3n) is 6.78. The molecule has 3 aromatic heterocycles. The molecule has 164 valence electrons. The SMILES string of the molecule is C[C@H]1CC2(CCN(c3ncc(Sc4ccnc5c(F)cccc45)c4nccn34)CC2)CO1. The molecule has 0 aliphatic carbocycles. The minimum Gasteiger partial charge on any atom is -0.378 e. The van der Waals surface area contributed by atoms with Crippen LogP contribution in [0.1, 0.15) is 26.2 Å². The van der Waals surface area contributed by atoms with Crippen LogP contribution in [0, 0.1) is 11.2 Å². The van der Waals surface area contributed by atoms with Crippen molar-refractivity contribution >= 4 is 34.3 Å². The van der Waals surface area contributed by atoms with Crippen molar-refractivity contribution in [1.82, 2.24) is 19.4 Å². The van der Waals surface area contributed by atoms with E-state index in [1.165, 1.54) is 6.07 Å². The van der Waals surface area contributed by atoms with Gasteiger partial charge in [0.15, 0.2) is 5.65 Å². The normalized spacial score (nSPS) is 20.6. The molecule has 8 heteroatoms. The zero-order valence-electron chi connectivity index (χ0n) is 17.9. The molecule has 6 nitrogen and oxygen atoms in total. The van der Waals surface area contributed by atoms with Gasteiger partial charge in [-0.3, -0.25) is 9.38 Å². The maximum atomic E-state index is 14.2. The molecule has 0 amide bonds. The Morgan fingerprint density at radius 1 is 1.09 bits per heavy atom. The van der Waals surface area contributed by atoms with E-state index >= 15 is 0 Å². The molecule has 2 saturated heterocycles. The Labute approximate surface area is 189 Å². The number of halogens is 1. The van der Waals surface area contributed by atoms with Gasteiger partial charge in [0.05, 0.1) is 17.6 Å². The Hall–Kier alpha value is -2.71. The van der Waals surface area contributed by atoms with E-state index in [0.717, 1.165) is 65.7 Å². The largest absolute Gasteiger partial charge is 0.378 e. The van der Waals surface area contributed by atoms with Crippen LogP contribution in [0.3, 0.4) is 0 Å². The fourth-order valence-corrected chi connectivity index (χ4v) is 6.08. The quantitative estimate of drug-likeness (QED) is 0.441. The van der Waals surface area contributed by atoms with Crippen LogP contribution in [0.5, 0.6) is 0 Å². The number of hydrogen-bond donors (Lipinski definition) is 0. The van der Waals surface area contributed by atoms with Gasteiger partial charge in [-0.25, -0.2) is 14.4 Å². The van der Waals surface area contributed by atoms with Crippen LogP contribution >= 0.6 is 11.8 Å². The lowest BCUT2D eigenvalue weighted by Gasteiger charge is -2.39. The van der Waals surface area contributed by atoms with Crippen LogP contribution < -0.4 is 4.90 Å². The summed E-state index contributed by atoms with van der Waals surface area (Å²) in [6, 6.07) is 6.97. The van der Waals surface area contributed by atoms with Crippen molar-refractivity contribution in [3.63, 3.8) is 0 Å². The van der Waals surface area contributed by atoms with Crippen molar-refractivity contribution in [3.05, 3.63) is 54.9 Å². The van der Waals surface area contributed by atoms with Crippen LogP contribution in [0.15, 0.2) is 58.8 Å². The second-order valence-corrected chi connectivity index (χ2v) is 9.99. The summed E-state index contributed by atoms with van der Waals surface area (Å²) in [5.74, 6) is 0.614. The van der Waals surface area contributed by atoms with Crippen LogP contribution in [-0.2, 0) is 4.74 Å². The smallest absolute Gasteiger partial charge is 0.211 e. The predicted octanol–water partition coefficient (Wildman–Crippen LogP) is 4.96. The number of benzene rings is 1. The fourth-order valence-electron chi connectivity index (χ4n) is 5.09. The molecule has 0 N–H and O–H groups in total. The van der Waals surface area contributed by atoms with Gasteiger partial charge in [0, 0.05) is 48.2 Å². The third kappa shape index (κ3) is 3.33. The molecule has 1 spiro atoms. The third-order valence-corrected chi connectivity index (χ3v) is 7.86. The monoisotopic (exact) mass is 449 g/mol. The number of imidazole rings is 1. The summed E-state index contributed by atoms with van der Waals surface area (Å²) in [6.07, 6.45) is 11.1. The number of aromatic nitrogens is 4. The van der Waals surface area contributed by atoms with Crippen LogP contribution in [0.25, 0.3) is 16.6 Å². The Morgan fingerprint density at radius 3 is 2.78 bits per heavy atom. The van der Waals surface area contributed by atoms with E-state index in [2.05, 4.69) is 26.2 Å². The van der Waals surface area contributed by atoms with E-state index in [0.29, 0.717) is 17.0 Å². The highest BCUT2D eigenvalue weighted by molar-refractivity contribution is 7.99. The van der Waals surface area contributed by atoms with Crippen LogP contribution in [0.2, 0.25) is 0 Å². The highest BCUT2D eigenvalue weighted by Gasteiger charge is 2.41. The zero-order valence-corrected chi connectivity index (χ0v) is 18.7. The van der Waals surface area contributed by atoms with Crippen molar-refractivity contribution in [2.75, 3.05) is 24.6 Å². The second-order valence-electron chi connectivity index (χ2n) is 8.90. The maximum absolute atomic E-state index is 14.2. The van der Waals surface area contributed by atoms with Crippen LogP contribution in [0.4, 0.5) is 10.3 Å². The Bertz CT molecular complexity index is 1300. The summed E-state index contributed by atoms with van der Waals surface area (Å²) in [7, 11) is 0. The Kier molecular flexibility index (Phi) is 4.80. The highest BCUT2D eigenvalue weighted by atomic mass is 32.2. The van der Waals surface area contributed by atoms with E-state index in [9.17, 15) is 4.39 Å². The predicted molar refractivity (Wildman–Crippen MR) is 123 cm³/mol. The summed E-state index contributed by atoms with van der Waals surface area (Å²) < 4.78 is 22.1. The number of anilines is 1. The first kappa shape index (κ1) is 19.9. The van der Waals surface area contributed by atoms with E-state index < -0.39 is 0 Å². The lowest BCUT2D eigenvalue weighted by Crippen LogP contribution is -2.41. The summed E-state index contributed by atoms with van der Waals surface area (Å²) >= 11 is 1.54. The minimum atomic E-state index is -0.311. The molecular weight excluding hydrogens is 425 g/mol. The van der Waals surface area contributed by atoms with Crippen molar-refractivity contribution < 1.29 is 9.13 Å². The first-order valence-electron chi connectivity index (χ1n) is 11.0. The molecule has 1 atom stereocenters. The summed E-state index contributed by atoms with van der Waals surface area (Å²) in [5.41, 5.74) is 1.57. The van der Waals surface area contributed by atoms with E-state index in [-0.39, 0.29) is 5.82 Å². The van der Waals surface area contributed by atoms with Crippen molar-refractivity contribution in [2.24, 2.45) is 5.41 Å². The molecule has 0 saturated carbocycles. The first-order chi connectivity index (χ1) is 15.6. The number of piperidine rings is 1. The molecule has 5 heterocycles. The first-order valence-corrected chi connectivity index (χ1v) is 11.8. The molecule has 4 aromatic rings. The molecule has 2 fully saturated rings. The van der Waals surface area contributed by atoms with Gasteiger partial charge in [-0.1, -0.05) is 23.9 Å². The summed E-state index contributed by atoms with van der Waals surface area (Å²) in [4.78, 5) is 17.9. The molecular formula is C24H24FN5OS. The maximum Gasteiger partial charge on any atom is 0.211 e. The van der Waals surface area contributed by atoms with Gasteiger partial charge in [-0.2, -0.15) is 0 Å². The standard InChI is InChI=1S/C24H24FN5OS/c1-16-13-24(15-31-16)6-10-29(11-7-24)23-28-14-20(22-27-9-12-30(22)23)32-19-5-8-26-21-17(19)3-2-4-18(21)25/h2-5,8-9,12,14,16H,6-7,10-11,13,15H2,1H3/t16-/m0/s1.